The molecule has 6 heteroatoms. The molecule has 1 aliphatic rings. The Labute approximate surface area is 206 Å². The third-order valence-electron chi connectivity index (χ3n) is 4.86. The summed E-state index contributed by atoms with van der Waals surface area (Å²) in [5.74, 6) is 0. The van der Waals surface area contributed by atoms with Crippen molar-refractivity contribution >= 4 is 45.7 Å². The van der Waals surface area contributed by atoms with E-state index in [2.05, 4.69) is 149 Å². The number of benzene rings is 2. The minimum absolute atomic E-state index is 0.871. The van der Waals surface area contributed by atoms with Crippen molar-refractivity contribution in [3.63, 3.8) is 0 Å². The van der Waals surface area contributed by atoms with Gasteiger partial charge in [-0.15, -0.1) is 0 Å². The Kier molecular flexibility index (Phi) is 9.47. The zero-order chi connectivity index (χ0) is 19.8. The first-order valence-electron chi connectivity index (χ1n) is 9.53. The van der Waals surface area contributed by atoms with Gasteiger partial charge in [-0.1, -0.05) is 12.8 Å². The van der Waals surface area contributed by atoms with Crippen LogP contribution in [0.4, 0.5) is 0 Å². The number of halogens is 2. The second kappa shape index (κ2) is 11.8. The van der Waals surface area contributed by atoms with E-state index in [0.717, 1.165) is 19.1 Å². The summed E-state index contributed by atoms with van der Waals surface area (Å²) in [6.07, 6.45) is 9.99. The molecule has 0 atom stereocenters. The van der Waals surface area contributed by atoms with E-state index < -0.39 is 0 Å². The maximum atomic E-state index is 2.40. The van der Waals surface area contributed by atoms with Gasteiger partial charge in [-0.25, -0.2) is 0 Å². The van der Waals surface area contributed by atoms with Gasteiger partial charge < -0.3 is 0 Å². The Morgan fingerprint density at radius 1 is 0.786 bits per heavy atom. The molecule has 3 nitrogen and oxygen atoms in total. The molecule has 1 aliphatic carbocycles. The summed E-state index contributed by atoms with van der Waals surface area (Å²) in [6.45, 7) is 1.84. The molecule has 0 saturated heterocycles. The third kappa shape index (κ3) is 6.92. The van der Waals surface area contributed by atoms with Crippen LogP contribution in [0.15, 0.2) is 73.1 Å². The average molecular weight is 780 g/mol. The number of rotatable bonds is 5. The predicted octanol–water partition coefficient (Wildman–Crippen LogP) is 6.40. The molecule has 0 amide bonds. The van der Waals surface area contributed by atoms with E-state index in [4.69, 9.17) is 0 Å². The van der Waals surface area contributed by atoms with E-state index in [1.165, 1.54) is 40.6 Å². The molecular formula is C22H25I2N3Pt. The molecule has 0 radical (unpaired) electrons. The van der Waals surface area contributed by atoms with Gasteiger partial charge in [0.25, 0.3) is 0 Å². The van der Waals surface area contributed by atoms with Crippen LogP contribution in [-0.4, -0.2) is 16.5 Å². The first-order chi connectivity index (χ1) is 13.6. The van der Waals surface area contributed by atoms with Crippen LogP contribution >= 0.6 is 45.7 Å². The number of imidazole rings is 1. The summed E-state index contributed by atoms with van der Waals surface area (Å²) < 4.78 is 8.08. The SMILES string of the molecule is IN(I)C1CCCC1.[Pt]=[c]1n(Cc2ccccc2)ccn1Cc1ccccc1. The zero-order valence-electron chi connectivity index (χ0n) is 15.7. The second-order valence-corrected chi connectivity index (χ2v) is 11.9. The fourth-order valence-electron chi connectivity index (χ4n) is 3.33. The molecule has 4 rings (SSSR count). The van der Waals surface area contributed by atoms with Crippen molar-refractivity contribution < 1.29 is 19.4 Å². The van der Waals surface area contributed by atoms with Crippen molar-refractivity contribution in [1.82, 2.24) is 10.5 Å². The number of aromatic nitrogens is 2. The van der Waals surface area contributed by atoms with Crippen molar-refractivity contribution in [2.45, 2.75) is 44.8 Å². The molecule has 3 aromatic rings. The van der Waals surface area contributed by atoms with E-state index in [-0.39, 0.29) is 0 Å². The molecule has 0 bridgehead atoms. The van der Waals surface area contributed by atoms with Crippen LogP contribution in [-0.2, 0) is 32.4 Å². The Morgan fingerprint density at radius 3 is 1.57 bits per heavy atom. The molecule has 0 aliphatic heterocycles. The van der Waals surface area contributed by atoms with Gasteiger partial charge in [0.2, 0.25) is 0 Å². The van der Waals surface area contributed by atoms with E-state index in [1.54, 1.807) is 0 Å². The van der Waals surface area contributed by atoms with Gasteiger partial charge in [-0.05, 0) is 12.8 Å². The van der Waals surface area contributed by atoms with Crippen molar-refractivity contribution in [3.8, 4) is 0 Å². The summed E-state index contributed by atoms with van der Waals surface area (Å²) in [5.41, 5.74) is 2.65. The Bertz CT molecular complexity index is 823. The van der Waals surface area contributed by atoms with E-state index >= 15 is 0 Å². The Balaban J connectivity index is 0.000000236. The van der Waals surface area contributed by atoms with Gasteiger partial charge in [-0.2, -0.15) is 1.33 Å². The number of hydrogen-bond acceptors (Lipinski definition) is 1. The van der Waals surface area contributed by atoms with Gasteiger partial charge >= 0.3 is 130 Å². The van der Waals surface area contributed by atoms with Gasteiger partial charge in [0, 0.05) is 51.8 Å². The molecule has 152 valence electrons. The minimum atomic E-state index is 0.871. The first-order valence-corrected chi connectivity index (χ1v) is 12.6. The Hall–Kier alpha value is -0.242. The summed E-state index contributed by atoms with van der Waals surface area (Å²) >= 11 is 7.13. The van der Waals surface area contributed by atoms with E-state index in [9.17, 15) is 0 Å². The van der Waals surface area contributed by atoms with Crippen LogP contribution in [0.3, 0.4) is 0 Å². The quantitative estimate of drug-likeness (QED) is 0.216. The number of hydrogen-bond donors (Lipinski definition) is 0. The van der Waals surface area contributed by atoms with Gasteiger partial charge in [0.15, 0.2) is 0 Å². The summed E-state index contributed by atoms with van der Waals surface area (Å²) in [4.78, 5) is 0. The van der Waals surface area contributed by atoms with Crippen molar-refractivity contribution in [3.05, 3.63) is 88.0 Å². The molecule has 2 aromatic carbocycles. The fraction of sp³-hybridized carbons (Fsp3) is 0.318. The van der Waals surface area contributed by atoms with Crippen molar-refractivity contribution in [1.29, 1.82) is 0 Å². The molecule has 0 N–H and O–H groups in total. The van der Waals surface area contributed by atoms with Crippen LogP contribution in [0.5, 0.6) is 0 Å². The van der Waals surface area contributed by atoms with Gasteiger partial charge in [0.1, 0.15) is 0 Å². The molecule has 1 aromatic heterocycles. The predicted molar refractivity (Wildman–Crippen MR) is 129 cm³/mol. The fourth-order valence-corrected chi connectivity index (χ4v) is 5.14. The van der Waals surface area contributed by atoms with Crippen LogP contribution < -0.4 is 0 Å². The van der Waals surface area contributed by atoms with Crippen molar-refractivity contribution in [2.75, 3.05) is 0 Å². The summed E-state index contributed by atoms with van der Waals surface area (Å²) in [6, 6.07) is 22.0. The molecule has 0 spiro atoms. The molecule has 0 unspecified atom stereocenters. The Morgan fingerprint density at radius 2 is 1.21 bits per heavy atom. The molecule has 1 heterocycles. The van der Waals surface area contributed by atoms with E-state index in [0.29, 0.717) is 0 Å². The molecule has 1 saturated carbocycles. The average Bonchev–Trinajstić information content (AvgIpc) is 3.37. The van der Waals surface area contributed by atoms with Gasteiger partial charge in [0.05, 0.1) is 0 Å². The monoisotopic (exact) mass is 780 g/mol. The van der Waals surface area contributed by atoms with Crippen LogP contribution in [0.1, 0.15) is 36.8 Å². The first kappa shape index (κ1) is 22.4. The third-order valence-corrected chi connectivity index (χ3v) is 7.74. The molecular weight excluding hydrogens is 755 g/mol. The van der Waals surface area contributed by atoms with Crippen LogP contribution in [0, 0.1) is 3.80 Å². The van der Waals surface area contributed by atoms with Crippen molar-refractivity contribution in [2.24, 2.45) is 0 Å². The van der Waals surface area contributed by atoms with E-state index in [1.807, 2.05) is 0 Å². The topological polar surface area (TPSA) is 13.1 Å². The summed E-state index contributed by atoms with van der Waals surface area (Å²) in [7, 11) is 0. The maximum absolute atomic E-state index is 2.40. The molecule has 1 fully saturated rings. The number of nitrogens with zero attached hydrogens (tertiary/aromatic N) is 3. The molecule has 28 heavy (non-hydrogen) atoms. The normalized spacial score (nSPS) is 14.2. The van der Waals surface area contributed by atoms with Crippen LogP contribution in [0.25, 0.3) is 0 Å². The zero-order valence-corrected chi connectivity index (χ0v) is 22.2. The second-order valence-electron chi connectivity index (χ2n) is 6.96. The standard InChI is InChI=1S/C17H16N2.C5H9I2N.Pt/c1-3-7-16(8-4-1)13-18-11-12-19(15-18)14-17-9-5-2-6-10-17;6-8(7)5-3-1-2-4-5;/h1-12H,13-14H2;5H,1-4H2;. The van der Waals surface area contributed by atoms with Crippen LogP contribution in [0.2, 0.25) is 0 Å². The summed E-state index contributed by atoms with van der Waals surface area (Å²) in [5, 5.41) is 0. The van der Waals surface area contributed by atoms with Gasteiger partial charge in [-0.3, -0.25) is 0 Å².